The maximum Gasteiger partial charge on any atom is 0.510 e. The molecule has 2 heterocycles. The molecule has 23 heteroatoms. The predicted molar refractivity (Wildman–Crippen MR) is 160 cm³/mol. The first-order valence-corrected chi connectivity index (χ1v) is 15.5. The van der Waals surface area contributed by atoms with Gasteiger partial charge in [0.15, 0.2) is 24.5 Å². The molecule has 1 atom stereocenters. The highest BCUT2D eigenvalue weighted by Crippen LogP contribution is 2.49. The predicted octanol–water partition coefficient (Wildman–Crippen LogP) is 5.80. The van der Waals surface area contributed by atoms with Gasteiger partial charge in [-0.25, -0.2) is 14.2 Å². The number of carbonyl (C=O) groups excluding carboxylic acids is 2. The minimum Gasteiger partial charge on any atom is -0.481 e. The van der Waals surface area contributed by atoms with Crippen molar-refractivity contribution < 1.29 is 73.9 Å². The molecule has 4 rings (SSSR count). The summed E-state index contributed by atoms with van der Waals surface area (Å²) in [5.74, 6) is -9.30. The molecule has 0 aliphatic heterocycles. The fourth-order valence-electron chi connectivity index (χ4n) is 4.85. The number of aliphatic carboxylic acids is 1. The van der Waals surface area contributed by atoms with Crippen LogP contribution in [0.1, 0.15) is 53.7 Å². The molecule has 1 unspecified atom stereocenters. The van der Waals surface area contributed by atoms with Crippen LogP contribution in [0.3, 0.4) is 0 Å². The van der Waals surface area contributed by atoms with Gasteiger partial charge in [-0.2, -0.15) is 50.6 Å². The van der Waals surface area contributed by atoms with Crippen molar-refractivity contribution in [1.82, 2.24) is 24.5 Å². The van der Waals surface area contributed by atoms with Gasteiger partial charge in [-0.1, -0.05) is 17.7 Å². The number of hydrogen-bond donors (Lipinski definition) is 2. The van der Waals surface area contributed by atoms with Gasteiger partial charge in [-0.3, -0.25) is 14.5 Å². The molecule has 0 radical (unpaired) electrons. The molecule has 1 fully saturated rings. The summed E-state index contributed by atoms with van der Waals surface area (Å²) in [4.78, 5) is 37.4. The van der Waals surface area contributed by atoms with E-state index >= 15 is 0 Å². The van der Waals surface area contributed by atoms with E-state index in [4.69, 9.17) is 30.9 Å². The third-order valence-corrected chi connectivity index (χ3v) is 8.04. The highest BCUT2D eigenvalue weighted by atomic mass is 35.5. The van der Waals surface area contributed by atoms with Crippen LogP contribution in [0.5, 0.6) is 0 Å². The molecule has 3 aromatic rings. The van der Waals surface area contributed by atoms with Gasteiger partial charge < -0.3 is 24.4 Å². The fourth-order valence-corrected chi connectivity index (χ4v) is 5.05. The minimum absolute atomic E-state index is 0.0537. The van der Waals surface area contributed by atoms with Crippen LogP contribution in [-0.4, -0.2) is 90.7 Å². The van der Waals surface area contributed by atoms with Crippen molar-refractivity contribution in [2.24, 2.45) is 7.05 Å². The Morgan fingerprint density at radius 2 is 1.77 bits per heavy atom. The van der Waals surface area contributed by atoms with Crippen LogP contribution in [0.15, 0.2) is 30.6 Å². The summed E-state index contributed by atoms with van der Waals surface area (Å²) in [6.45, 7) is -1.16. The van der Waals surface area contributed by atoms with Crippen LogP contribution in [0.2, 0.25) is 5.02 Å². The van der Waals surface area contributed by atoms with Gasteiger partial charge in [0.25, 0.3) is 5.91 Å². The molecule has 1 aliphatic carbocycles. The van der Waals surface area contributed by atoms with Crippen LogP contribution in [0.25, 0.3) is 16.9 Å². The van der Waals surface area contributed by atoms with Crippen LogP contribution < -0.4 is 0 Å². The zero-order valence-corrected chi connectivity index (χ0v) is 27.8. The SMILES string of the molecule is Cn1nc(C(F)(F)C(F)(F)F)c(C(F)(F)F)c1-n1cc(-c2ccc(Cl)c(C(=O)N(COC(=O)OCCCOC(O)CCC(=O)O)C3(C#N)CC3)c2)cn1. The Morgan fingerprint density at radius 1 is 1.09 bits per heavy atom. The minimum atomic E-state index is -6.41. The van der Waals surface area contributed by atoms with Gasteiger partial charge in [-0.15, -0.1) is 0 Å². The number of nitrogens with zero attached hydrogens (tertiary/aromatic N) is 6. The standard InChI is InChI=1S/C30H27ClF8N6O8/c1-43-24(22(29(34,35)36)23(42-43)28(32,33)30(37,38)39)45-13-17(12-41-45)16-3-4-19(31)18(11-16)25(49)44(27(14-40)7-8-27)15-53-26(50)52-10-2-9-51-21(48)6-5-20(46)47/h3-4,11-13,21,48H,2,5-10,15H2,1H3,(H,46,47). The van der Waals surface area contributed by atoms with Crippen molar-refractivity contribution in [2.45, 2.75) is 62.2 Å². The number of aliphatic hydroxyl groups excluding tert-OH is 1. The smallest absolute Gasteiger partial charge is 0.481 e. The monoisotopic (exact) mass is 786 g/mol. The molecule has 1 saturated carbocycles. The average Bonchev–Trinajstić information content (AvgIpc) is 3.53. The van der Waals surface area contributed by atoms with Crippen molar-refractivity contribution >= 4 is 29.6 Å². The van der Waals surface area contributed by atoms with Crippen molar-refractivity contribution in [3.8, 4) is 23.0 Å². The molecule has 0 spiro atoms. The van der Waals surface area contributed by atoms with Crippen molar-refractivity contribution in [3.63, 3.8) is 0 Å². The Morgan fingerprint density at radius 3 is 2.36 bits per heavy atom. The van der Waals surface area contributed by atoms with Crippen molar-refractivity contribution in [2.75, 3.05) is 19.9 Å². The maximum atomic E-state index is 14.2. The second-order valence-electron chi connectivity index (χ2n) is 11.5. The number of ether oxygens (including phenoxy) is 3. The van der Waals surface area contributed by atoms with Gasteiger partial charge in [0.1, 0.15) is 11.1 Å². The number of alkyl halides is 8. The molecule has 2 aromatic heterocycles. The van der Waals surface area contributed by atoms with Crippen LogP contribution in [-0.2, 0) is 38.2 Å². The van der Waals surface area contributed by atoms with Gasteiger partial charge >= 0.3 is 30.4 Å². The molecule has 2 N–H and O–H groups in total. The first-order valence-electron chi connectivity index (χ1n) is 15.1. The van der Waals surface area contributed by atoms with Crippen LogP contribution >= 0.6 is 11.6 Å². The molecule has 0 bridgehead atoms. The number of benzene rings is 1. The number of amides is 1. The zero-order chi connectivity index (χ0) is 39.5. The highest BCUT2D eigenvalue weighted by molar-refractivity contribution is 6.34. The van der Waals surface area contributed by atoms with E-state index in [-0.39, 0.29) is 71.7 Å². The number of aliphatic hydroxyl groups is 1. The summed E-state index contributed by atoms with van der Waals surface area (Å²) in [7, 11) is 0.712. The van der Waals surface area contributed by atoms with Gasteiger partial charge in [0.05, 0.1) is 42.5 Å². The van der Waals surface area contributed by atoms with Gasteiger partial charge in [-0.05, 0) is 30.5 Å². The second-order valence-corrected chi connectivity index (χ2v) is 11.9. The molecular weight excluding hydrogens is 760 g/mol. The number of carboxylic acids is 1. The molecule has 1 amide bonds. The van der Waals surface area contributed by atoms with Crippen molar-refractivity contribution in [1.29, 1.82) is 5.26 Å². The number of carbonyl (C=O) groups is 3. The quantitative estimate of drug-likeness (QED) is 0.0823. The van der Waals surface area contributed by atoms with Gasteiger partial charge in [0.2, 0.25) is 0 Å². The highest BCUT2D eigenvalue weighted by Gasteiger charge is 2.64. The number of carboxylic acid groups (broad SMARTS) is 1. The van der Waals surface area contributed by atoms with E-state index in [9.17, 15) is 59.9 Å². The Bertz CT molecular complexity index is 1890. The first-order chi connectivity index (χ1) is 24.6. The lowest BCUT2D eigenvalue weighted by atomic mass is 10.0. The average molecular weight is 787 g/mol. The first kappa shape index (κ1) is 40.8. The number of nitriles is 1. The second kappa shape index (κ2) is 15.5. The molecular formula is C30H27ClF8N6O8. The lowest BCUT2D eigenvalue weighted by molar-refractivity contribution is -0.292. The molecule has 1 aromatic carbocycles. The fraction of sp³-hybridized carbons (Fsp3) is 0.467. The Labute approximate surface area is 298 Å². The summed E-state index contributed by atoms with van der Waals surface area (Å²) < 4.78 is 125. The number of hydrogen-bond acceptors (Lipinski definition) is 10. The van der Waals surface area contributed by atoms with E-state index in [1.54, 1.807) is 0 Å². The summed E-state index contributed by atoms with van der Waals surface area (Å²) in [5.41, 5.74) is -6.66. The topological polar surface area (TPSA) is 182 Å². The normalized spacial score (nSPS) is 14.7. The summed E-state index contributed by atoms with van der Waals surface area (Å²) in [5, 5.41) is 34.3. The van der Waals surface area contributed by atoms with E-state index in [0.717, 1.165) is 23.4 Å². The summed E-state index contributed by atoms with van der Waals surface area (Å²) in [6, 6.07) is 5.60. The van der Waals surface area contributed by atoms with Crippen LogP contribution in [0, 0.1) is 11.3 Å². The number of rotatable bonds is 15. The zero-order valence-electron chi connectivity index (χ0n) is 27.0. The maximum absolute atomic E-state index is 14.2. The van der Waals surface area contributed by atoms with Crippen LogP contribution in [0.4, 0.5) is 39.9 Å². The summed E-state index contributed by atoms with van der Waals surface area (Å²) >= 11 is 6.29. The van der Waals surface area contributed by atoms with E-state index in [1.165, 1.54) is 12.1 Å². The third kappa shape index (κ3) is 9.14. The van der Waals surface area contributed by atoms with E-state index in [1.807, 2.05) is 6.07 Å². The Kier molecular flexibility index (Phi) is 11.9. The Hall–Kier alpha value is -5.01. The van der Waals surface area contributed by atoms with Crippen molar-refractivity contribution in [3.05, 3.63) is 52.4 Å². The third-order valence-electron chi connectivity index (χ3n) is 7.71. The largest absolute Gasteiger partial charge is 0.510 e. The molecule has 1 aliphatic rings. The lowest BCUT2D eigenvalue weighted by Gasteiger charge is -2.27. The van der Waals surface area contributed by atoms with E-state index < -0.39 is 71.9 Å². The molecule has 53 heavy (non-hydrogen) atoms. The summed E-state index contributed by atoms with van der Waals surface area (Å²) in [6.07, 6.45) is -13.0. The number of halogens is 9. The van der Waals surface area contributed by atoms with E-state index in [2.05, 4.69) is 10.2 Å². The van der Waals surface area contributed by atoms with Gasteiger partial charge in [0, 0.05) is 31.6 Å². The van der Waals surface area contributed by atoms with E-state index in [0.29, 0.717) is 11.7 Å². The molecule has 0 saturated heterocycles. The Balaban J connectivity index is 1.52. The number of aromatic nitrogens is 4. The molecule has 288 valence electrons. The molecule has 14 nitrogen and oxygen atoms in total. The lowest BCUT2D eigenvalue weighted by Crippen LogP contribution is -2.43. The number of aryl methyl sites for hydroxylation is 1.